The van der Waals surface area contributed by atoms with Gasteiger partial charge in [-0.2, -0.15) is 0 Å². The van der Waals surface area contributed by atoms with Crippen LogP contribution in [0.3, 0.4) is 0 Å². The van der Waals surface area contributed by atoms with E-state index in [4.69, 9.17) is 0 Å². The molecular formula is C14H27N. The van der Waals surface area contributed by atoms with E-state index < -0.39 is 0 Å². The third kappa shape index (κ3) is 3.21. The normalized spacial score (nSPS) is 42.0. The quantitative estimate of drug-likeness (QED) is 0.747. The van der Waals surface area contributed by atoms with Crippen molar-refractivity contribution in [2.45, 2.75) is 77.3 Å². The minimum Gasteiger partial charge on any atom is -0.311 e. The van der Waals surface area contributed by atoms with Gasteiger partial charge in [-0.25, -0.2) is 0 Å². The smallest absolute Gasteiger partial charge is 0.00722 e. The van der Waals surface area contributed by atoms with Gasteiger partial charge in [0, 0.05) is 12.1 Å². The molecule has 0 radical (unpaired) electrons. The largest absolute Gasteiger partial charge is 0.311 e. The molecule has 2 saturated carbocycles. The van der Waals surface area contributed by atoms with Crippen LogP contribution in [0.15, 0.2) is 0 Å². The van der Waals surface area contributed by atoms with E-state index in [0.717, 1.165) is 23.9 Å². The number of hydrogen-bond donors (Lipinski definition) is 1. The van der Waals surface area contributed by atoms with E-state index in [1.807, 2.05) is 0 Å². The Bertz CT molecular complexity index is 182. The van der Waals surface area contributed by atoms with Crippen LogP contribution < -0.4 is 5.32 Å². The molecule has 1 nitrogen and oxygen atoms in total. The highest BCUT2D eigenvalue weighted by Gasteiger charge is 2.26. The summed E-state index contributed by atoms with van der Waals surface area (Å²) in [5.41, 5.74) is 0. The number of rotatable bonds is 3. The fraction of sp³-hybridized carbons (Fsp3) is 1.00. The maximum Gasteiger partial charge on any atom is 0.00722 e. The summed E-state index contributed by atoms with van der Waals surface area (Å²) in [6, 6.07) is 1.70. The molecule has 2 atom stereocenters. The first-order chi connectivity index (χ1) is 7.28. The molecule has 88 valence electrons. The molecule has 0 aromatic rings. The average Bonchev–Trinajstić information content (AvgIpc) is 2.65. The minimum absolute atomic E-state index is 0.850. The van der Waals surface area contributed by atoms with Gasteiger partial charge in [0.25, 0.3) is 0 Å². The van der Waals surface area contributed by atoms with Crippen molar-refractivity contribution in [2.24, 2.45) is 11.8 Å². The summed E-state index contributed by atoms with van der Waals surface area (Å²) in [5.74, 6) is 2.00. The summed E-state index contributed by atoms with van der Waals surface area (Å²) in [7, 11) is 0. The van der Waals surface area contributed by atoms with Crippen LogP contribution in [-0.4, -0.2) is 12.1 Å². The Morgan fingerprint density at radius 3 is 2.13 bits per heavy atom. The van der Waals surface area contributed by atoms with Crippen LogP contribution in [-0.2, 0) is 0 Å². The first-order valence-electron chi connectivity index (χ1n) is 7.04. The molecule has 0 aliphatic heterocycles. The summed E-state index contributed by atoms with van der Waals surface area (Å²) < 4.78 is 0. The maximum absolute atomic E-state index is 3.89. The summed E-state index contributed by atoms with van der Waals surface area (Å²) in [6.07, 6.45) is 11.5. The van der Waals surface area contributed by atoms with Crippen molar-refractivity contribution in [3.63, 3.8) is 0 Å². The van der Waals surface area contributed by atoms with E-state index >= 15 is 0 Å². The van der Waals surface area contributed by atoms with Crippen molar-refractivity contribution in [1.82, 2.24) is 5.32 Å². The predicted molar refractivity (Wildman–Crippen MR) is 66.0 cm³/mol. The molecule has 1 N–H and O–H groups in total. The third-order valence-electron chi connectivity index (χ3n) is 4.59. The zero-order valence-corrected chi connectivity index (χ0v) is 10.5. The highest BCUT2D eigenvalue weighted by Crippen LogP contribution is 2.29. The first kappa shape index (κ1) is 11.4. The molecule has 1 heteroatoms. The second-order valence-electron chi connectivity index (χ2n) is 5.91. The predicted octanol–water partition coefficient (Wildman–Crippen LogP) is 3.73. The molecule has 2 unspecified atom stereocenters. The molecule has 0 bridgehead atoms. The van der Waals surface area contributed by atoms with Crippen LogP contribution in [0.4, 0.5) is 0 Å². The van der Waals surface area contributed by atoms with Crippen LogP contribution in [0, 0.1) is 11.8 Å². The Hall–Kier alpha value is -0.0400. The Morgan fingerprint density at radius 1 is 0.933 bits per heavy atom. The van der Waals surface area contributed by atoms with E-state index in [1.54, 1.807) is 0 Å². The molecule has 0 aromatic carbocycles. The van der Waals surface area contributed by atoms with E-state index in [0.29, 0.717) is 0 Å². The molecule has 0 saturated heterocycles. The van der Waals surface area contributed by atoms with Gasteiger partial charge in [0.2, 0.25) is 0 Å². The average molecular weight is 209 g/mol. The van der Waals surface area contributed by atoms with Gasteiger partial charge < -0.3 is 5.32 Å². The molecule has 0 heterocycles. The van der Waals surface area contributed by atoms with E-state index in [9.17, 15) is 0 Å². The topological polar surface area (TPSA) is 12.0 Å². The lowest BCUT2D eigenvalue weighted by Gasteiger charge is -2.30. The first-order valence-corrected chi connectivity index (χ1v) is 7.04. The molecule has 2 rings (SSSR count). The van der Waals surface area contributed by atoms with E-state index in [2.05, 4.69) is 19.2 Å². The second kappa shape index (κ2) is 5.34. The van der Waals surface area contributed by atoms with Gasteiger partial charge in [-0.1, -0.05) is 20.3 Å². The fourth-order valence-corrected chi connectivity index (χ4v) is 3.43. The van der Waals surface area contributed by atoms with Crippen molar-refractivity contribution < 1.29 is 0 Å². The molecule has 2 aliphatic rings. The fourth-order valence-electron chi connectivity index (χ4n) is 3.43. The van der Waals surface area contributed by atoms with Gasteiger partial charge in [-0.15, -0.1) is 0 Å². The highest BCUT2D eigenvalue weighted by molar-refractivity contribution is 4.84. The Labute approximate surface area is 95.0 Å². The number of hydrogen-bond acceptors (Lipinski definition) is 1. The van der Waals surface area contributed by atoms with Gasteiger partial charge in [-0.3, -0.25) is 0 Å². The summed E-state index contributed by atoms with van der Waals surface area (Å²) in [4.78, 5) is 0. The van der Waals surface area contributed by atoms with E-state index in [-0.39, 0.29) is 0 Å². The SMILES string of the molecule is CCC1CCC(NC2CCC(C)C2)CC1. The van der Waals surface area contributed by atoms with Crippen molar-refractivity contribution in [3.8, 4) is 0 Å². The van der Waals surface area contributed by atoms with E-state index in [1.165, 1.54) is 51.4 Å². The summed E-state index contributed by atoms with van der Waals surface area (Å²) in [5, 5.41) is 3.89. The standard InChI is InChI=1S/C14H27N/c1-3-12-5-8-13(9-6-12)15-14-7-4-11(2)10-14/h11-15H,3-10H2,1-2H3. The molecule has 15 heavy (non-hydrogen) atoms. The molecule has 2 fully saturated rings. The Balaban J connectivity index is 1.68. The van der Waals surface area contributed by atoms with Gasteiger partial charge in [-0.05, 0) is 56.8 Å². The van der Waals surface area contributed by atoms with Crippen molar-refractivity contribution >= 4 is 0 Å². The summed E-state index contributed by atoms with van der Waals surface area (Å²) >= 11 is 0. The molecular weight excluding hydrogens is 182 g/mol. The lowest BCUT2D eigenvalue weighted by atomic mass is 9.84. The van der Waals surface area contributed by atoms with Crippen LogP contribution in [0.1, 0.15) is 65.2 Å². The summed E-state index contributed by atoms with van der Waals surface area (Å²) in [6.45, 7) is 4.74. The minimum atomic E-state index is 0.850. The monoisotopic (exact) mass is 209 g/mol. The van der Waals surface area contributed by atoms with Crippen molar-refractivity contribution in [1.29, 1.82) is 0 Å². The third-order valence-corrected chi connectivity index (χ3v) is 4.59. The van der Waals surface area contributed by atoms with Crippen molar-refractivity contribution in [3.05, 3.63) is 0 Å². The lowest BCUT2D eigenvalue weighted by molar-refractivity contribution is 0.268. The lowest BCUT2D eigenvalue weighted by Crippen LogP contribution is -2.39. The van der Waals surface area contributed by atoms with Crippen molar-refractivity contribution in [2.75, 3.05) is 0 Å². The van der Waals surface area contributed by atoms with Crippen LogP contribution in [0.25, 0.3) is 0 Å². The Morgan fingerprint density at radius 2 is 1.60 bits per heavy atom. The van der Waals surface area contributed by atoms with Crippen LogP contribution in [0.2, 0.25) is 0 Å². The second-order valence-corrected chi connectivity index (χ2v) is 5.91. The van der Waals surface area contributed by atoms with Gasteiger partial charge in [0.05, 0.1) is 0 Å². The van der Waals surface area contributed by atoms with Crippen LogP contribution in [0.5, 0.6) is 0 Å². The molecule has 0 aromatic heterocycles. The Kier molecular flexibility index (Phi) is 4.07. The zero-order valence-electron chi connectivity index (χ0n) is 10.5. The maximum atomic E-state index is 3.89. The molecule has 0 spiro atoms. The van der Waals surface area contributed by atoms with Gasteiger partial charge in [0.1, 0.15) is 0 Å². The molecule has 2 aliphatic carbocycles. The van der Waals surface area contributed by atoms with Crippen LogP contribution >= 0.6 is 0 Å². The number of nitrogens with one attached hydrogen (secondary N) is 1. The van der Waals surface area contributed by atoms with Gasteiger partial charge >= 0.3 is 0 Å². The van der Waals surface area contributed by atoms with Gasteiger partial charge in [0.15, 0.2) is 0 Å². The highest BCUT2D eigenvalue weighted by atomic mass is 15.0. The zero-order chi connectivity index (χ0) is 10.7. The molecule has 0 amide bonds.